The number of hydrogen-bond acceptors (Lipinski definition) is 5. The van der Waals surface area contributed by atoms with Crippen LogP contribution in [0.3, 0.4) is 0 Å². The molecule has 1 aromatic rings. The molecule has 0 saturated heterocycles. The van der Waals surface area contributed by atoms with Gasteiger partial charge in [-0.3, -0.25) is 4.79 Å². The van der Waals surface area contributed by atoms with E-state index < -0.39 is 22.0 Å². The van der Waals surface area contributed by atoms with Crippen molar-refractivity contribution in [2.24, 2.45) is 5.92 Å². The van der Waals surface area contributed by atoms with Gasteiger partial charge in [0.05, 0.1) is 0 Å². The molecule has 0 radical (unpaired) electrons. The third-order valence-electron chi connectivity index (χ3n) is 3.35. The molecule has 1 amide bonds. The van der Waals surface area contributed by atoms with E-state index in [4.69, 9.17) is 4.52 Å². The highest BCUT2D eigenvalue weighted by Gasteiger charge is 2.40. The number of amides is 1. The zero-order valence-corrected chi connectivity index (χ0v) is 14.4. The second-order valence-electron chi connectivity index (χ2n) is 6.95. The fourth-order valence-electron chi connectivity index (χ4n) is 1.83. The Balaban J connectivity index is 2.31. The summed E-state index contributed by atoms with van der Waals surface area (Å²) in [5.74, 6) is -0.140. The van der Waals surface area contributed by atoms with E-state index in [-0.39, 0.29) is 17.3 Å². The normalized spacial score (nSPS) is 15.9. The van der Waals surface area contributed by atoms with E-state index in [0.717, 1.165) is 17.1 Å². The maximum atomic E-state index is 12.5. The van der Waals surface area contributed by atoms with Gasteiger partial charge in [-0.2, -0.15) is 8.42 Å². The van der Waals surface area contributed by atoms with Gasteiger partial charge in [0.15, 0.2) is 5.82 Å². The molecule has 0 atom stereocenters. The SMILES string of the molecule is CC(C)C(=O)NS(=O)(=O)N(c1cc(C(C)(C)C)on1)C1CC1. The van der Waals surface area contributed by atoms with Crippen molar-refractivity contribution in [2.45, 2.75) is 58.9 Å². The Labute approximate surface area is 131 Å². The molecule has 2 rings (SSSR count). The van der Waals surface area contributed by atoms with Crippen LogP contribution in [-0.2, 0) is 20.4 Å². The molecule has 1 heterocycles. The minimum Gasteiger partial charge on any atom is -0.359 e. The smallest absolute Gasteiger partial charge is 0.327 e. The molecule has 0 spiro atoms. The van der Waals surface area contributed by atoms with Gasteiger partial charge in [-0.05, 0) is 12.8 Å². The van der Waals surface area contributed by atoms with Gasteiger partial charge in [-0.1, -0.05) is 39.8 Å². The van der Waals surface area contributed by atoms with Crippen LogP contribution < -0.4 is 9.03 Å². The number of carbonyl (C=O) groups excluding carboxylic acids is 1. The molecule has 0 bridgehead atoms. The summed E-state index contributed by atoms with van der Waals surface area (Å²) < 4.78 is 33.5. The average molecular weight is 329 g/mol. The van der Waals surface area contributed by atoms with Crippen molar-refractivity contribution in [1.29, 1.82) is 0 Å². The summed E-state index contributed by atoms with van der Waals surface area (Å²) in [6.07, 6.45) is 1.49. The van der Waals surface area contributed by atoms with Crippen molar-refractivity contribution in [2.75, 3.05) is 4.31 Å². The van der Waals surface area contributed by atoms with Gasteiger partial charge in [0.25, 0.3) is 0 Å². The molecular weight excluding hydrogens is 306 g/mol. The predicted molar refractivity (Wildman–Crippen MR) is 82.6 cm³/mol. The largest absolute Gasteiger partial charge is 0.359 e. The summed E-state index contributed by atoms with van der Waals surface area (Å²) in [4.78, 5) is 11.7. The molecule has 1 aromatic heterocycles. The van der Waals surface area contributed by atoms with E-state index in [2.05, 4.69) is 9.88 Å². The molecule has 1 aliphatic rings. The van der Waals surface area contributed by atoms with E-state index in [1.54, 1.807) is 19.9 Å². The topological polar surface area (TPSA) is 92.5 Å². The lowest BCUT2D eigenvalue weighted by Crippen LogP contribution is -2.46. The molecule has 0 unspecified atom stereocenters. The molecule has 1 saturated carbocycles. The molecule has 1 aliphatic carbocycles. The standard InChI is InChI=1S/C14H23N3O4S/c1-9(2)13(18)16-22(19,20)17(10-6-7-10)12-8-11(21-15-12)14(3,4)5/h8-10H,6-7H2,1-5H3,(H,16,18). The van der Waals surface area contributed by atoms with Crippen LogP contribution in [0.4, 0.5) is 5.82 Å². The lowest BCUT2D eigenvalue weighted by molar-refractivity contribution is -0.122. The number of aromatic nitrogens is 1. The van der Waals surface area contributed by atoms with Crippen molar-refractivity contribution in [3.8, 4) is 0 Å². The van der Waals surface area contributed by atoms with Crippen LogP contribution in [0.1, 0.15) is 53.2 Å². The zero-order chi connectivity index (χ0) is 16.7. The quantitative estimate of drug-likeness (QED) is 0.891. The summed E-state index contributed by atoms with van der Waals surface area (Å²) in [6, 6.07) is 1.45. The predicted octanol–water partition coefficient (Wildman–Crippen LogP) is 1.96. The van der Waals surface area contributed by atoms with E-state index in [1.807, 2.05) is 20.8 Å². The Kier molecular flexibility index (Phi) is 4.25. The molecule has 8 heteroatoms. The van der Waals surface area contributed by atoms with E-state index >= 15 is 0 Å². The first-order chi connectivity index (χ1) is 10.0. The number of anilines is 1. The second-order valence-corrected chi connectivity index (χ2v) is 8.50. The van der Waals surface area contributed by atoms with Crippen LogP contribution in [0.15, 0.2) is 10.6 Å². The summed E-state index contributed by atoms with van der Waals surface area (Å²) in [5.41, 5.74) is -0.272. The minimum absolute atomic E-state index is 0.171. The average Bonchev–Trinajstić information content (AvgIpc) is 3.02. The highest BCUT2D eigenvalue weighted by Crippen LogP contribution is 2.35. The highest BCUT2D eigenvalue weighted by molar-refractivity contribution is 7.91. The van der Waals surface area contributed by atoms with Crippen molar-refractivity contribution < 1.29 is 17.7 Å². The summed E-state index contributed by atoms with van der Waals surface area (Å²) in [5, 5.41) is 3.88. The molecule has 0 aliphatic heterocycles. The molecule has 1 N–H and O–H groups in total. The lowest BCUT2D eigenvalue weighted by atomic mass is 9.93. The molecular formula is C14H23N3O4S. The van der Waals surface area contributed by atoms with Crippen molar-refractivity contribution in [1.82, 2.24) is 9.88 Å². The first kappa shape index (κ1) is 16.8. The van der Waals surface area contributed by atoms with Gasteiger partial charge in [0, 0.05) is 23.4 Å². The Morgan fingerprint density at radius 3 is 2.41 bits per heavy atom. The van der Waals surface area contributed by atoms with Crippen LogP contribution in [-0.4, -0.2) is 25.5 Å². The first-order valence-corrected chi connectivity index (χ1v) is 8.79. The molecule has 22 heavy (non-hydrogen) atoms. The molecule has 1 fully saturated rings. The fourth-order valence-corrected chi connectivity index (χ4v) is 3.36. The van der Waals surface area contributed by atoms with Crippen molar-refractivity contribution >= 4 is 21.9 Å². The maximum absolute atomic E-state index is 12.5. The van der Waals surface area contributed by atoms with E-state index in [0.29, 0.717) is 5.76 Å². The Bertz CT molecular complexity index is 654. The van der Waals surface area contributed by atoms with Gasteiger partial charge in [0.2, 0.25) is 5.91 Å². The number of hydrogen-bond donors (Lipinski definition) is 1. The monoisotopic (exact) mass is 329 g/mol. The third kappa shape index (κ3) is 3.60. The number of rotatable bonds is 5. The van der Waals surface area contributed by atoms with Gasteiger partial charge in [-0.15, -0.1) is 0 Å². The summed E-state index contributed by atoms with van der Waals surface area (Å²) >= 11 is 0. The van der Waals surface area contributed by atoms with Crippen molar-refractivity contribution in [3.05, 3.63) is 11.8 Å². The van der Waals surface area contributed by atoms with E-state index in [9.17, 15) is 13.2 Å². The highest BCUT2D eigenvalue weighted by atomic mass is 32.2. The number of nitrogens with zero attached hydrogens (tertiary/aromatic N) is 2. The van der Waals surface area contributed by atoms with Crippen molar-refractivity contribution in [3.63, 3.8) is 0 Å². The summed E-state index contributed by atoms with van der Waals surface area (Å²) in [7, 11) is -3.98. The Morgan fingerprint density at radius 2 is 2.00 bits per heavy atom. The first-order valence-electron chi connectivity index (χ1n) is 7.35. The maximum Gasteiger partial charge on any atom is 0.327 e. The number of carbonyl (C=O) groups is 1. The lowest BCUT2D eigenvalue weighted by Gasteiger charge is -2.21. The molecule has 7 nitrogen and oxygen atoms in total. The number of nitrogens with one attached hydrogen (secondary N) is 1. The minimum atomic E-state index is -3.98. The van der Waals surface area contributed by atoms with Gasteiger partial charge < -0.3 is 4.52 Å². The van der Waals surface area contributed by atoms with Gasteiger partial charge >= 0.3 is 10.2 Å². The van der Waals surface area contributed by atoms with Crippen LogP contribution in [0.25, 0.3) is 0 Å². The second kappa shape index (κ2) is 5.57. The Hall–Kier alpha value is -1.57. The zero-order valence-electron chi connectivity index (χ0n) is 13.6. The Morgan fingerprint density at radius 1 is 1.41 bits per heavy atom. The molecule has 124 valence electrons. The van der Waals surface area contributed by atoms with Gasteiger partial charge in [0.1, 0.15) is 5.76 Å². The van der Waals surface area contributed by atoms with Crippen LogP contribution in [0.2, 0.25) is 0 Å². The third-order valence-corrected chi connectivity index (χ3v) is 4.82. The summed E-state index contributed by atoms with van der Waals surface area (Å²) in [6.45, 7) is 9.13. The van der Waals surface area contributed by atoms with Crippen LogP contribution in [0, 0.1) is 5.92 Å². The fraction of sp³-hybridized carbons (Fsp3) is 0.714. The van der Waals surface area contributed by atoms with Crippen LogP contribution in [0.5, 0.6) is 0 Å². The van der Waals surface area contributed by atoms with E-state index in [1.165, 1.54) is 0 Å². The van der Waals surface area contributed by atoms with Gasteiger partial charge in [-0.25, -0.2) is 9.03 Å². The molecule has 0 aromatic carbocycles. The van der Waals surface area contributed by atoms with Crippen LogP contribution >= 0.6 is 0 Å².